The lowest BCUT2D eigenvalue weighted by atomic mass is 9.62. The molecule has 18 heavy (non-hydrogen) atoms. The first kappa shape index (κ1) is 15.5. The molecule has 0 heterocycles. The highest BCUT2D eigenvalue weighted by molar-refractivity contribution is 5.81. The molecule has 3 nitrogen and oxygen atoms in total. The zero-order chi connectivity index (χ0) is 14.2. The molecule has 1 rings (SSSR count). The second-order valence-corrected chi connectivity index (χ2v) is 7.71. The molecule has 0 aromatic carbocycles. The third-order valence-electron chi connectivity index (χ3n) is 3.78. The predicted molar refractivity (Wildman–Crippen MR) is 74.2 cm³/mol. The molecule has 0 aromatic rings. The van der Waals surface area contributed by atoms with Crippen molar-refractivity contribution in [1.29, 1.82) is 0 Å². The van der Waals surface area contributed by atoms with Gasteiger partial charge >= 0.3 is 5.97 Å². The van der Waals surface area contributed by atoms with E-state index in [2.05, 4.69) is 20.8 Å². The van der Waals surface area contributed by atoms with Crippen LogP contribution < -0.4 is 5.73 Å². The van der Waals surface area contributed by atoms with E-state index in [1.165, 1.54) is 0 Å². The van der Waals surface area contributed by atoms with Crippen LogP contribution in [0.2, 0.25) is 0 Å². The smallest absolute Gasteiger partial charge is 0.326 e. The maximum Gasteiger partial charge on any atom is 0.326 e. The summed E-state index contributed by atoms with van der Waals surface area (Å²) < 4.78 is 5.54. The van der Waals surface area contributed by atoms with Gasteiger partial charge in [-0.25, -0.2) is 0 Å². The van der Waals surface area contributed by atoms with Crippen molar-refractivity contribution in [1.82, 2.24) is 0 Å². The predicted octanol–water partition coefficient (Wildman–Crippen LogP) is 3.26. The molecule has 2 N–H and O–H groups in total. The Labute approximate surface area is 111 Å². The first-order valence-corrected chi connectivity index (χ1v) is 6.99. The van der Waals surface area contributed by atoms with Crippen molar-refractivity contribution in [2.75, 3.05) is 0 Å². The zero-order valence-corrected chi connectivity index (χ0v) is 12.8. The Kier molecular flexibility index (Phi) is 4.16. The monoisotopic (exact) mass is 255 g/mol. The Morgan fingerprint density at radius 1 is 1.17 bits per heavy atom. The number of carbonyl (C=O) groups is 1. The first-order valence-electron chi connectivity index (χ1n) is 6.99. The van der Waals surface area contributed by atoms with E-state index in [0.29, 0.717) is 0 Å². The number of ether oxygens (including phenoxy) is 1. The maximum absolute atomic E-state index is 12.4. The van der Waals surface area contributed by atoms with Gasteiger partial charge in [0, 0.05) is 0 Å². The highest BCUT2D eigenvalue weighted by Crippen LogP contribution is 2.44. The Bertz CT molecular complexity index is 311. The van der Waals surface area contributed by atoms with E-state index >= 15 is 0 Å². The van der Waals surface area contributed by atoms with Crippen molar-refractivity contribution in [3.63, 3.8) is 0 Å². The van der Waals surface area contributed by atoms with Crippen LogP contribution in [0.25, 0.3) is 0 Å². The van der Waals surface area contributed by atoms with Crippen molar-refractivity contribution >= 4 is 5.97 Å². The maximum atomic E-state index is 12.4. The minimum Gasteiger partial charge on any atom is -0.459 e. The summed E-state index contributed by atoms with van der Waals surface area (Å²) in [7, 11) is 0. The van der Waals surface area contributed by atoms with Crippen LogP contribution in [-0.4, -0.2) is 17.1 Å². The molecule has 106 valence electrons. The van der Waals surface area contributed by atoms with Crippen molar-refractivity contribution < 1.29 is 9.53 Å². The van der Waals surface area contributed by atoms with Gasteiger partial charge in [-0.15, -0.1) is 0 Å². The van der Waals surface area contributed by atoms with Crippen LogP contribution in [0.1, 0.15) is 67.2 Å². The van der Waals surface area contributed by atoms with Gasteiger partial charge in [-0.1, -0.05) is 33.6 Å². The van der Waals surface area contributed by atoms with Crippen LogP contribution >= 0.6 is 0 Å². The summed E-state index contributed by atoms with van der Waals surface area (Å²) in [4.78, 5) is 12.4. The minimum atomic E-state index is -0.816. The molecular weight excluding hydrogens is 226 g/mol. The van der Waals surface area contributed by atoms with Gasteiger partial charge in [0.05, 0.1) is 0 Å². The van der Waals surface area contributed by atoms with Crippen molar-refractivity contribution in [3.8, 4) is 0 Å². The highest BCUT2D eigenvalue weighted by atomic mass is 16.6. The Balaban J connectivity index is 2.95. The van der Waals surface area contributed by atoms with Gasteiger partial charge in [-0.3, -0.25) is 4.79 Å². The summed E-state index contributed by atoms with van der Waals surface area (Å²) in [6, 6.07) is 0. The zero-order valence-electron chi connectivity index (χ0n) is 12.8. The molecule has 3 heteroatoms. The van der Waals surface area contributed by atoms with Gasteiger partial charge in [-0.05, 0) is 44.9 Å². The first-order chi connectivity index (χ1) is 7.97. The highest BCUT2D eigenvalue weighted by Gasteiger charge is 2.50. The summed E-state index contributed by atoms with van der Waals surface area (Å²) in [6.07, 6.45) is 3.93. The summed E-state index contributed by atoms with van der Waals surface area (Å²) in [5.74, 6) is -0.0387. The van der Waals surface area contributed by atoms with Crippen LogP contribution in [0.5, 0.6) is 0 Å². The lowest BCUT2D eigenvalue weighted by molar-refractivity contribution is -0.168. The molecule has 1 aliphatic carbocycles. The quantitative estimate of drug-likeness (QED) is 0.732. The van der Waals surface area contributed by atoms with E-state index in [0.717, 1.165) is 25.7 Å². The van der Waals surface area contributed by atoms with E-state index in [9.17, 15) is 4.79 Å². The van der Waals surface area contributed by atoms with Gasteiger partial charge in [0.25, 0.3) is 0 Å². The molecule has 2 unspecified atom stereocenters. The lowest BCUT2D eigenvalue weighted by Gasteiger charge is -2.46. The van der Waals surface area contributed by atoms with Crippen LogP contribution in [0.3, 0.4) is 0 Å². The SMILES string of the molecule is CC(C)(C)OC(=O)C1(N)CCCCC1C(C)(C)C. The van der Waals surface area contributed by atoms with Crippen molar-refractivity contribution in [2.45, 2.75) is 78.4 Å². The van der Waals surface area contributed by atoms with E-state index in [4.69, 9.17) is 10.5 Å². The average molecular weight is 255 g/mol. The number of esters is 1. The summed E-state index contributed by atoms with van der Waals surface area (Å²) in [6.45, 7) is 12.2. The van der Waals surface area contributed by atoms with Gasteiger partial charge in [0.2, 0.25) is 0 Å². The molecular formula is C15H29NO2. The third kappa shape index (κ3) is 3.47. The van der Waals surface area contributed by atoms with Crippen LogP contribution in [-0.2, 0) is 9.53 Å². The molecule has 0 amide bonds. The summed E-state index contributed by atoms with van der Waals surface area (Å²) in [5, 5.41) is 0. The number of rotatable bonds is 1. The Hall–Kier alpha value is -0.570. The molecule has 1 aliphatic rings. The second-order valence-electron chi connectivity index (χ2n) is 7.71. The van der Waals surface area contributed by atoms with Gasteiger partial charge in [-0.2, -0.15) is 0 Å². The fraction of sp³-hybridized carbons (Fsp3) is 0.933. The van der Waals surface area contributed by atoms with Gasteiger partial charge in [0.15, 0.2) is 0 Å². The standard InChI is InChI=1S/C15H29NO2/c1-13(2,3)11-9-7-8-10-15(11,16)12(17)18-14(4,5)6/h11H,7-10,16H2,1-6H3. The van der Waals surface area contributed by atoms with Gasteiger partial charge in [0.1, 0.15) is 11.1 Å². The largest absolute Gasteiger partial charge is 0.459 e. The number of hydrogen-bond donors (Lipinski definition) is 1. The van der Waals surface area contributed by atoms with Crippen LogP contribution in [0, 0.1) is 11.3 Å². The van der Waals surface area contributed by atoms with Gasteiger partial charge < -0.3 is 10.5 Å². The van der Waals surface area contributed by atoms with E-state index in [1.807, 2.05) is 20.8 Å². The molecule has 0 saturated heterocycles. The van der Waals surface area contributed by atoms with Crippen LogP contribution in [0.15, 0.2) is 0 Å². The van der Waals surface area contributed by atoms with Crippen LogP contribution in [0.4, 0.5) is 0 Å². The summed E-state index contributed by atoms with van der Waals surface area (Å²) >= 11 is 0. The molecule has 0 spiro atoms. The van der Waals surface area contributed by atoms with Crippen molar-refractivity contribution in [2.24, 2.45) is 17.1 Å². The summed E-state index contributed by atoms with van der Waals surface area (Å²) in [5.41, 5.74) is 5.21. The third-order valence-corrected chi connectivity index (χ3v) is 3.78. The Morgan fingerprint density at radius 3 is 2.17 bits per heavy atom. The number of carbonyl (C=O) groups excluding carboxylic acids is 1. The average Bonchev–Trinajstić information content (AvgIpc) is 2.13. The van der Waals surface area contributed by atoms with Crippen molar-refractivity contribution in [3.05, 3.63) is 0 Å². The van der Waals surface area contributed by atoms with E-state index in [1.54, 1.807) is 0 Å². The molecule has 0 radical (unpaired) electrons. The molecule has 0 bridgehead atoms. The fourth-order valence-corrected chi connectivity index (χ4v) is 3.02. The fourth-order valence-electron chi connectivity index (χ4n) is 3.02. The van der Waals surface area contributed by atoms with E-state index in [-0.39, 0.29) is 17.3 Å². The molecule has 0 aromatic heterocycles. The molecule has 0 aliphatic heterocycles. The Morgan fingerprint density at radius 2 is 1.72 bits per heavy atom. The molecule has 1 saturated carbocycles. The van der Waals surface area contributed by atoms with E-state index < -0.39 is 11.1 Å². The number of nitrogens with two attached hydrogens (primary N) is 1. The lowest BCUT2D eigenvalue weighted by Crippen LogP contribution is -2.60. The normalized spacial score (nSPS) is 30.1. The molecule has 2 atom stereocenters. The number of hydrogen-bond acceptors (Lipinski definition) is 3. The molecule has 1 fully saturated rings. The second kappa shape index (κ2) is 4.84. The topological polar surface area (TPSA) is 52.3 Å². The minimum absolute atomic E-state index is 0.0338.